The van der Waals surface area contributed by atoms with Crippen molar-refractivity contribution < 1.29 is 33.3 Å². The molecule has 0 saturated carbocycles. The summed E-state index contributed by atoms with van der Waals surface area (Å²) in [7, 11) is 0. The van der Waals surface area contributed by atoms with Crippen molar-refractivity contribution in [3.63, 3.8) is 0 Å². The molecule has 12 heteroatoms. The number of hydrogen-bond acceptors (Lipinski definition) is 7. The van der Waals surface area contributed by atoms with Crippen molar-refractivity contribution in [2.24, 2.45) is 0 Å². The Labute approximate surface area is 369 Å². The molecule has 1 amide bonds. The van der Waals surface area contributed by atoms with Crippen molar-refractivity contribution in [2.75, 3.05) is 6.61 Å². The van der Waals surface area contributed by atoms with Crippen LogP contribution < -0.4 is 19.5 Å². The summed E-state index contributed by atoms with van der Waals surface area (Å²) in [5, 5.41) is 23.3. The number of fused-ring (bicyclic) bond motifs is 2. The van der Waals surface area contributed by atoms with Crippen LogP contribution in [0, 0.1) is 17.1 Å². The van der Waals surface area contributed by atoms with Gasteiger partial charge >= 0.3 is 5.97 Å². The van der Waals surface area contributed by atoms with Gasteiger partial charge in [0.1, 0.15) is 36.9 Å². The first kappa shape index (κ1) is 42.3. The van der Waals surface area contributed by atoms with Gasteiger partial charge in [-0.1, -0.05) is 109 Å². The Morgan fingerprint density at radius 2 is 1.61 bits per heavy atom. The van der Waals surface area contributed by atoms with Crippen molar-refractivity contribution in [3.05, 3.63) is 182 Å². The number of nitrogens with zero attached hydrogens (tertiary/aromatic N) is 2. The number of ether oxygens (including phenoxy) is 3. The summed E-state index contributed by atoms with van der Waals surface area (Å²) >= 11 is 12.2. The Balaban J connectivity index is 0.988. The Kier molecular flexibility index (Phi) is 12.8. The van der Waals surface area contributed by atoms with Gasteiger partial charge in [0.25, 0.3) is 0 Å². The molecule has 2 heterocycles. The van der Waals surface area contributed by atoms with E-state index in [-0.39, 0.29) is 36.6 Å². The van der Waals surface area contributed by atoms with E-state index in [4.69, 9.17) is 42.7 Å². The van der Waals surface area contributed by atoms with Gasteiger partial charge in [0.2, 0.25) is 5.91 Å². The molecule has 0 fully saturated rings. The van der Waals surface area contributed by atoms with Crippen LogP contribution in [-0.4, -0.2) is 40.6 Å². The third-order valence-corrected chi connectivity index (χ3v) is 12.2. The molecule has 2 N–H and O–H groups in total. The van der Waals surface area contributed by atoms with Crippen LogP contribution in [0.25, 0.3) is 11.1 Å². The Morgan fingerprint density at radius 3 is 2.31 bits per heavy atom. The van der Waals surface area contributed by atoms with E-state index in [1.54, 1.807) is 42.5 Å². The average molecular weight is 871 g/mol. The lowest BCUT2D eigenvalue weighted by Crippen LogP contribution is -2.55. The number of aliphatic carboxylic acids is 1. The molecule has 0 spiro atoms. The van der Waals surface area contributed by atoms with Crippen molar-refractivity contribution in [1.29, 1.82) is 5.26 Å². The molecule has 9 nitrogen and oxygen atoms in total. The Bertz CT molecular complexity index is 2640. The number of carboxylic acid groups (broad SMARTS) is 1. The van der Waals surface area contributed by atoms with E-state index in [2.05, 4.69) is 17.1 Å². The number of rotatable bonds is 13. The highest BCUT2D eigenvalue weighted by molar-refractivity contribution is 6.42. The maximum Gasteiger partial charge on any atom is 0.326 e. The number of hydrogen-bond donors (Lipinski definition) is 2. The first-order chi connectivity index (χ1) is 30.1. The fourth-order valence-corrected chi connectivity index (χ4v) is 8.46. The monoisotopic (exact) mass is 869 g/mol. The molecule has 0 saturated heterocycles. The van der Waals surface area contributed by atoms with E-state index < -0.39 is 23.9 Å². The van der Waals surface area contributed by atoms with E-state index in [0.717, 1.165) is 27.8 Å². The minimum Gasteiger partial charge on any atom is -0.489 e. The zero-order valence-corrected chi connectivity index (χ0v) is 35.2. The van der Waals surface area contributed by atoms with Crippen LogP contribution in [0.1, 0.15) is 64.4 Å². The number of carboxylic acids is 1. The number of halogens is 3. The summed E-state index contributed by atoms with van der Waals surface area (Å²) in [5.74, 6) is -0.277. The summed E-state index contributed by atoms with van der Waals surface area (Å²) in [4.78, 5) is 29.2. The van der Waals surface area contributed by atoms with Crippen molar-refractivity contribution in [3.8, 4) is 34.4 Å². The predicted octanol–water partition coefficient (Wildman–Crippen LogP) is 10.5. The molecule has 1 unspecified atom stereocenters. The number of amides is 1. The van der Waals surface area contributed by atoms with E-state index >= 15 is 0 Å². The lowest BCUT2D eigenvalue weighted by Gasteiger charge is -2.42. The van der Waals surface area contributed by atoms with Crippen molar-refractivity contribution in [2.45, 2.75) is 63.6 Å². The fourth-order valence-electron chi connectivity index (χ4n) is 8.14. The zero-order chi connectivity index (χ0) is 43.3. The number of benzene rings is 6. The third-order valence-electron chi connectivity index (χ3n) is 11.4. The molecule has 62 heavy (non-hydrogen) atoms. The van der Waals surface area contributed by atoms with Crippen LogP contribution in [0.3, 0.4) is 0 Å². The zero-order valence-electron chi connectivity index (χ0n) is 33.7. The second-order valence-corrected chi connectivity index (χ2v) is 16.2. The van der Waals surface area contributed by atoms with E-state index in [0.29, 0.717) is 70.0 Å². The van der Waals surface area contributed by atoms with Gasteiger partial charge in [-0.25, -0.2) is 9.18 Å². The van der Waals surface area contributed by atoms with Crippen LogP contribution in [-0.2, 0) is 35.6 Å². The molecule has 0 aliphatic carbocycles. The molecular formula is C50H42Cl2FN3O6. The van der Waals surface area contributed by atoms with Gasteiger partial charge in [0, 0.05) is 19.0 Å². The van der Waals surface area contributed by atoms with Crippen molar-refractivity contribution >= 4 is 35.1 Å². The maximum atomic E-state index is 14.4. The molecule has 6 aromatic carbocycles. The smallest absolute Gasteiger partial charge is 0.326 e. The largest absolute Gasteiger partial charge is 0.489 e. The highest BCUT2D eigenvalue weighted by atomic mass is 35.5. The Hall–Kier alpha value is -6.38. The van der Waals surface area contributed by atoms with Gasteiger partial charge in [0.15, 0.2) is 17.6 Å². The second kappa shape index (κ2) is 18.7. The van der Waals surface area contributed by atoms with E-state index in [9.17, 15) is 19.1 Å². The normalized spacial score (nSPS) is 16.6. The lowest BCUT2D eigenvalue weighted by molar-refractivity contribution is -0.143. The molecular weight excluding hydrogens is 828 g/mol. The molecule has 6 aromatic rings. The highest BCUT2D eigenvalue weighted by Crippen LogP contribution is 2.43. The van der Waals surface area contributed by atoms with Crippen molar-refractivity contribution in [1.82, 2.24) is 10.2 Å². The number of carbonyl (C=O) groups is 2. The average Bonchev–Trinajstić information content (AvgIpc) is 3.29. The molecule has 4 atom stereocenters. The minimum atomic E-state index is -1.21. The SMILES string of the molecule is CC[C@@H](c1ccccc1)N1Cc2cc3c(cc2C[C@H]1C(=O)NC(Cc1ccc(-c2ccc(C#N)c(F)c2)cc1)C(=O)O)OC[C@H](c1ccc(OCc2ccc(Cl)c(Cl)c2)cc1)O3. The Morgan fingerprint density at radius 1 is 0.887 bits per heavy atom. The van der Waals surface area contributed by atoms with Crippen LogP contribution in [0.2, 0.25) is 10.0 Å². The molecule has 314 valence electrons. The summed E-state index contributed by atoms with van der Waals surface area (Å²) in [5.41, 5.74) is 6.74. The first-order valence-corrected chi connectivity index (χ1v) is 21.1. The highest BCUT2D eigenvalue weighted by Gasteiger charge is 2.39. The van der Waals surface area contributed by atoms with E-state index in [1.807, 2.05) is 78.9 Å². The number of nitriles is 1. The molecule has 0 bridgehead atoms. The number of nitrogens with one attached hydrogen (secondary N) is 1. The molecule has 0 radical (unpaired) electrons. The summed E-state index contributed by atoms with van der Waals surface area (Å²) in [6.07, 6.45) is 0.715. The van der Waals surface area contributed by atoms with Crippen LogP contribution in [0.4, 0.5) is 4.39 Å². The van der Waals surface area contributed by atoms with Crippen LogP contribution >= 0.6 is 23.2 Å². The quantitative estimate of drug-likeness (QED) is 0.118. The van der Waals surface area contributed by atoms with Crippen LogP contribution in [0.5, 0.6) is 17.2 Å². The third kappa shape index (κ3) is 9.41. The molecule has 2 aliphatic rings. The molecule has 2 aliphatic heterocycles. The predicted molar refractivity (Wildman–Crippen MR) is 235 cm³/mol. The van der Waals surface area contributed by atoms with Gasteiger partial charge in [-0.2, -0.15) is 5.26 Å². The minimum absolute atomic E-state index is 0.0383. The van der Waals surface area contributed by atoms with E-state index in [1.165, 1.54) is 12.1 Å². The maximum absolute atomic E-state index is 14.4. The summed E-state index contributed by atoms with van der Waals surface area (Å²) < 4.78 is 33.1. The second-order valence-electron chi connectivity index (χ2n) is 15.4. The topological polar surface area (TPSA) is 121 Å². The number of carbonyl (C=O) groups excluding carboxylic acids is 1. The fraction of sp³-hybridized carbons (Fsp3) is 0.220. The summed E-state index contributed by atoms with van der Waals surface area (Å²) in [6.45, 7) is 3.11. The molecule has 0 aromatic heterocycles. The van der Waals surface area contributed by atoms with Gasteiger partial charge in [-0.3, -0.25) is 9.69 Å². The lowest BCUT2D eigenvalue weighted by atomic mass is 9.89. The summed E-state index contributed by atoms with van der Waals surface area (Å²) in [6, 6.07) is 38.3. The van der Waals surface area contributed by atoms with Crippen LogP contribution in [0.15, 0.2) is 127 Å². The molecule has 8 rings (SSSR count). The standard InChI is InChI=1S/C50H42Cl2FN3O6/c1-2-44(33-6-4-3-5-7-33)56-27-38-25-47-46(61-29-48(62-47)34-15-17-39(18-16-34)60-28-31-10-19-40(51)41(52)20-31)24-37(38)23-45(56)49(57)55-43(50(58)59)21-30-8-11-32(12-9-30)35-13-14-36(26-54)42(53)22-35/h3-20,22,24-25,43-45,48H,2,21,23,27-29H2,1H3,(H,55,57)(H,58,59)/t43?,44-,45-,48+/m0/s1. The first-order valence-electron chi connectivity index (χ1n) is 20.3. The van der Waals surface area contributed by atoms with Gasteiger partial charge in [-0.15, -0.1) is 0 Å². The van der Waals surface area contributed by atoms with Gasteiger partial charge in [0.05, 0.1) is 21.7 Å². The van der Waals surface area contributed by atoms with Gasteiger partial charge < -0.3 is 24.6 Å². The van der Waals surface area contributed by atoms with Gasteiger partial charge in [-0.05, 0) is 106 Å².